The Balaban J connectivity index is 1.76. The Kier molecular flexibility index (Phi) is 3.73. The quantitative estimate of drug-likeness (QED) is 0.435. The maximum atomic E-state index is 6.27. The fourth-order valence-electron chi connectivity index (χ4n) is 3.14. The van der Waals surface area contributed by atoms with Crippen molar-refractivity contribution in [1.29, 1.82) is 0 Å². The van der Waals surface area contributed by atoms with Crippen LogP contribution >= 0.6 is 11.6 Å². The number of aromatic nitrogens is 4. The fourth-order valence-corrected chi connectivity index (χ4v) is 3.31. The summed E-state index contributed by atoms with van der Waals surface area (Å²) in [6.45, 7) is 0. The van der Waals surface area contributed by atoms with E-state index < -0.39 is 0 Å². The minimum atomic E-state index is 0.656. The molecular weight excluding hydrogens is 358 g/mol. The van der Waals surface area contributed by atoms with Gasteiger partial charge in [-0.05, 0) is 42.5 Å². The highest BCUT2D eigenvalue weighted by molar-refractivity contribution is 6.31. The molecule has 0 atom stereocenters. The Labute approximate surface area is 160 Å². The van der Waals surface area contributed by atoms with Gasteiger partial charge in [0.2, 0.25) is 0 Å². The molecule has 3 aromatic heterocycles. The van der Waals surface area contributed by atoms with Crippen LogP contribution in [0.3, 0.4) is 0 Å². The molecule has 3 heterocycles. The average Bonchev–Trinajstić information content (AvgIpc) is 3.13. The highest BCUT2D eigenvalue weighted by Crippen LogP contribution is 2.36. The number of aromatic amines is 1. The number of nitrogens with one attached hydrogen (secondary N) is 2. The second-order valence-corrected chi connectivity index (χ2v) is 6.61. The van der Waals surface area contributed by atoms with E-state index in [0.29, 0.717) is 5.02 Å². The molecule has 0 aliphatic rings. The number of imidazole rings is 1. The zero-order chi connectivity index (χ0) is 18.2. The summed E-state index contributed by atoms with van der Waals surface area (Å²) >= 11 is 6.27. The molecule has 5 aromatic rings. The van der Waals surface area contributed by atoms with Gasteiger partial charge in [-0.1, -0.05) is 23.7 Å². The van der Waals surface area contributed by atoms with E-state index in [1.165, 1.54) is 0 Å². The van der Waals surface area contributed by atoms with E-state index in [2.05, 4.69) is 20.3 Å². The van der Waals surface area contributed by atoms with Crippen LogP contribution in [0.2, 0.25) is 5.02 Å². The van der Waals surface area contributed by atoms with Crippen molar-refractivity contribution in [2.24, 2.45) is 0 Å². The van der Waals surface area contributed by atoms with Gasteiger partial charge in [-0.2, -0.15) is 0 Å². The van der Waals surface area contributed by atoms with Crippen molar-refractivity contribution in [2.75, 3.05) is 5.32 Å². The molecule has 2 aromatic carbocycles. The molecule has 0 saturated carbocycles. The average molecular weight is 372 g/mol. The first kappa shape index (κ1) is 15.8. The number of halogens is 1. The maximum absolute atomic E-state index is 6.27. The van der Waals surface area contributed by atoms with Crippen LogP contribution in [0.1, 0.15) is 0 Å². The number of pyridine rings is 2. The highest BCUT2D eigenvalue weighted by atomic mass is 35.5. The first-order valence-corrected chi connectivity index (χ1v) is 8.86. The number of benzene rings is 2. The highest BCUT2D eigenvalue weighted by Gasteiger charge is 2.15. The molecule has 5 rings (SSSR count). The Morgan fingerprint density at radius 2 is 1.78 bits per heavy atom. The SMILES string of the molecule is Clc1ccc2ncc(-c3nc4ccccc4[nH]3)c(Nc3ccncc3)c2c1. The smallest absolute Gasteiger partial charge is 0.142 e. The number of H-pyrrole nitrogens is 1. The zero-order valence-corrected chi connectivity index (χ0v) is 14.9. The number of fused-ring (bicyclic) bond motifs is 2. The predicted octanol–water partition coefficient (Wildman–Crippen LogP) is 5.57. The van der Waals surface area contributed by atoms with Crippen LogP contribution in [-0.2, 0) is 0 Å². The molecule has 0 aliphatic heterocycles. The lowest BCUT2D eigenvalue weighted by molar-refractivity contribution is 1.30. The molecule has 0 unspecified atom stereocenters. The van der Waals surface area contributed by atoms with Crippen molar-refractivity contribution < 1.29 is 0 Å². The molecule has 0 amide bonds. The number of nitrogens with zero attached hydrogens (tertiary/aromatic N) is 3. The van der Waals surface area contributed by atoms with Gasteiger partial charge in [0.25, 0.3) is 0 Å². The molecule has 0 fully saturated rings. The lowest BCUT2D eigenvalue weighted by Crippen LogP contribution is -1.97. The van der Waals surface area contributed by atoms with E-state index in [1.54, 1.807) is 12.4 Å². The Morgan fingerprint density at radius 3 is 2.63 bits per heavy atom. The number of rotatable bonds is 3. The standard InChI is InChI=1S/C21H14ClN5/c22-13-5-6-17-15(11-13)20(25-14-7-9-23-10-8-14)16(12-24-17)21-26-18-3-1-2-4-19(18)27-21/h1-12H,(H,26,27)(H,23,24,25). The molecule has 5 nitrogen and oxygen atoms in total. The van der Waals surface area contributed by atoms with Gasteiger partial charge >= 0.3 is 0 Å². The molecule has 0 bridgehead atoms. The molecule has 27 heavy (non-hydrogen) atoms. The van der Waals surface area contributed by atoms with E-state index in [0.717, 1.165) is 44.7 Å². The second kappa shape index (κ2) is 6.37. The summed E-state index contributed by atoms with van der Waals surface area (Å²) in [5.41, 5.74) is 5.44. The summed E-state index contributed by atoms with van der Waals surface area (Å²) in [7, 11) is 0. The van der Waals surface area contributed by atoms with Crippen molar-refractivity contribution in [3.05, 3.63) is 78.2 Å². The van der Waals surface area contributed by atoms with Gasteiger partial charge in [-0.3, -0.25) is 9.97 Å². The van der Waals surface area contributed by atoms with Gasteiger partial charge in [-0.15, -0.1) is 0 Å². The summed E-state index contributed by atoms with van der Waals surface area (Å²) < 4.78 is 0. The second-order valence-electron chi connectivity index (χ2n) is 6.17. The molecule has 130 valence electrons. The summed E-state index contributed by atoms with van der Waals surface area (Å²) in [6.07, 6.45) is 5.33. The van der Waals surface area contributed by atoms with Crippen molar-refractivity contribution >= 4 is 44.9 Å². The Morgan fingerprint density at radius 1 is 0.926 bits per heavy atom. The number of hydrogen-bond acceptors (Lipinski definition) is 4. The summed E-state index contributed by atoms with van der Waals surface area (Å²) in [5.74, 6) is 0.752. The molecular formula is C21H14ClN5. The number of para-hydroxylation sites is 2. The third-order valence-corrected chi connectivity index (χ3v) is 4.66. The van der Waals surface area contributed by atoms with Gasteiger partial charge in [0, 0.05) is 34.7 Å². The van der Waals surface area contributed by atoms with E-state index in [9.17, 15) is 0 Å². The molecule has 0 aliphatic carbocycles. The van der Waals surface area contributed by atoms with E-state index in [4.69, 9.17) is 16.6 Å². The Bertz CT molecular complexity index is 1230. The van der Waals surface area contributed by atoms with Crippen LogP contribution in [0.4, 0.5) is 11.4 Å². The monoisotopic (exact) mass is 371 g/mol. The topological polar surface area (TPSA) is 66.5 Å². The molecule has 0 saturated heterocycles. The molecule has 6 heteroatoms. The van der Waals surface area contributed by atoms with Gasteiger partial charge in [0.15, 0.2) is 0 Å². The fraction of sp³-hybridized carbons (Fsp3) is 0. The van der Waals surface area contributed by atoms with Crippen LogP contribution in [0.5, 0.6) is 0 Å². The predicted molar refractivity (Wildman–Crippen MR) is 109 cm³/mol. The number of hydrogen-bond donors (Lipinski definition) is 2. The van der Waals surface area contributed by atoms with Crippen molar-refractivity contribution in [2.45, 2.75) is 0 Å². The van der Waals surface area contributed by atoms with Crippen LogP contribution < -0.4 is 5.32 Å². The largest absolute Gasteiger partial charge is 0.354 e. The minimum Gasteiger partial charge on any atom is -0.354 e. The van der Waals surface area contributed by atoms with Crippen LogP contribution in [0.25, 0.3) is 33.3 Å². The first-order valence-electron chi connectivity index (χ1n) is 8.48. The lowest BCUT2D eigenvalue weighted by Gasteiger charge is -2.14. The van der Waals surface area contributed by atoms with Gasteiger partial charge in [0.1, 0.15) is 5.82 Å². The summed E-state index contributed by atoms with van der Waals surface area (Å²) in [6, 6.07) is 17.5. The van der Waals surface area contributed by atoms with E-state index in [-0.39, 0.29) is 0 Å². The number of anilines is 2. The maximum Gasteiger partial charge on any atom is 0.142 e. The van der Waals surface area contributed by atoms with Crippen molar-refractivity contribution in [3.8, 4) is 11.4 Å². The molecule has 2 N–H and O–H groups in total. The Hall–Kier alpha value is -3.44. The van der Waals surface area contributed by atoms with Gasteiger partial charge < -0.3 is 10.3 Å². The molecule has 0 radical (unpaired) electrons. The van der Waals surface area contributed by atoms with E-state index >= 15 is 0 Å². The van der Waals surface area contributed by atoms with E-state index in [1.807, 2.05) is 60.8 Å². The van der Waals surface area contributed by atoms with Crippen molar-refractivity contribution in [1.82, 2.24) is 19.9 Å². The third-order valence-electron chi connectivity index (χ3n) is 4.42. The zero-order valence-electron chi connectivity index (χ0n) is 14.1. The summed E-state index contributed by atoms with van der Waals surface area (Å²) in [4.78, 5) is 16.8. The molecule has 0 spiro atoms. The lowest BCUT2D eigenvalue weighted by atomic mass is 10.1. The first-order chi connectivity index (χ1) is 13.3. The van der Waals surface area contributed by atoms with Crippen LogP contribution in [-0.4, -0.2) is 19.9 Å². The van der Waals surface area contributed by atoms with Gasteiger partial charge in [-0.25, -0.2) is 4.98 Å². The van der Waals surface area contributed by atoms with Crippen molar-refractivity contribution in [3.63, 3.8) is 0 Å². The normalized spacial score (nSPS) is 11.1. The van der Waals surface area contributed by atoms with Crippen LogP contribution in [0, 0.1) is 0 Å². The van der Waals surface area contributed by atoms with Gasteiger partial charge in [0.05, 0.1) is 27.8 Å². The van der Waals surface area contributed by atoms with Crippen LogP contribution in [0.15, 0.2) is 73.2 Å². The third kappa shape index (κ3) is 2.88. The summed E-state index contributed by atoms with van der Waals surface area (Å²) in [5, 5.41) is 5.07. The minimum absolute atomic E-state index is 0.656.